The number of nitrogens with one attached hydrogen (secondary N) is 1. The number of fused-ring (bicyclic) bond motifs is 1. The van der Waals surface area contributed by atoms with Crippen molar-refractivity contribution < 1.29 is 19.8 Å². The van der Waals surface area contributed by atoms with Crippen LogP contribution in [-0.4, -0.2) is 33.2 Å². The molecular formula is C15H16N2O5. The largest absolute Gasteiger partial charge is 0.506 e. The van der Waals surface area contributed by atoms with Crippen molar-refractivity contribution >= 4 is 22.8 Å². The Morgan fingerprint density at radius 1 is 1.27 bits per heavy atom. The number of carbonyl (C=O) groups is 2. The fourth-order valence-electron chi connectivity index (χ4n) is 2.27. The van der Waals surface area contributed by atoms with Gasteiger partial charge in [0.15, 0.2) is 0 Å². The van der Waals surface area contributed by atoms with E-state index in [9.17, 15) is 19.5 Å². The second kappa shape index (κ2) is 6.30. The minimum Gasteiger partial charge on any atom is -0.506 e. The third-order valence-electron chi connectivity index (χ3n) is 3.26. The van der Waals surface area contributed by atoms with Crippen LogP contribution in [-0.2, 0) is 11.3 Å². The number of hydrogen-bond acceptors (Lipinski definition) is 4. The van der Waals surface area contributed by atoms with Crippen molar-refractivity contribution in [3.8, 4) is 5.75 Å². The number of amides is 1. The molecule has 1 aromatic heterocycles. The average molecular weight is 304 g/mol. The molecule has 116 valence electrons. The Hall–Kier alpha value is -2.83. The van der Waals surface area contributed by atoms with E-state index in [-0.39, 0.29) is 18.5 Å². The molecule has 0 bridgehead atoms. The monoisotopic (exact) mass is 304 g/mol. The quantitative estimate of drug-likeness (QED) is 0.761. The fraction of sp³-hybridized carbons (Fsp3) is 0.267. The predicted molar refractivity (Wildman–Crippen MR) is 80.1 cm³/mol. The zero-order chi connectivity index (χ0) is 16.3. The third-order valence-corrected chi connectivity index (χ3v) is 3.26. The van der Waals surface area contributed by atoms with E-state index in [1.165, 1.54) is 4.57 Å². The summed E-state index contributed by atoms with van der Waals surface area (Å²) in [5.74, 6) is -2.12. The number of nitrogens with zero attached hydrogens (tertiary/aromatic N) is 1. The first kappa shape index (κ1) is 15.6. The van der Waals surface area contributed by atoms with Crippen molar-refractivity contribution in [2.24, 2.45) is 0 Å². The molecule has 0 saturated heterocycles. The van der Waals surface area contributed by atoms with Crippen molar-refractivity contribution in [3.63, 3.8) is 0 Å². The Labute approximate surface area is 125 Å². The van der Waals surface area contributed by atoms with Gasteiger partial charge in [0.1, 0.15) is 11.3 Å². The molecule has 0 aliphatic heterocycles. The van der Waals surface area contributed by atoms with Gasteiger partial charge in [-0.2, -0.15) is 0 Å². The van der Waals surface area contributed by atoms with Gasteiger partial charge >= 0.3 is 5.97 Å². The molecule has 0 unspecified atom stereocenters. The van der Waals surface area contributed by atoms with Crippen LogP contribution >= 0.6 is 0 Å². The van der Waals surface area contributed by atoms with Crippen LogP contribution in [0.1, 0.15) is 23.7 Å². The van der Waals surface area contributed by atoms with Crippen LogP contribution in [0.4, 0.5) is 0 Å². The maximum absolute atomic E-state index is 12.5. The maximum Gasteiger partial charge on any atom is 0.305 e. The van der Waals surface area contributed by atoms with Crippen LogP contribution in [0.15, 0.2) is 29.1 Å². The lowest BCUT2D eigenvalue weighted by atomic mass is 10.1. The minimum atomic E-state index is -1.05. The SMILES string of the molecule is CCNC(=O)c1c(O)c2ccccc2n(CCC(=O)O)c1=O. The maximum atomic E-state index is 12.5. The summed E-state index contributed by atoms with van der Waals surface area (Å²) in [5.41, 5.74) is -0.686. The lowest BCUT2D eigenvalue weighted by Gasteiger charge is -2.14. The first-order chi connectivity index (χ1) is 10.5. The van der Waals surface area contributed by atoms with Gasteiger partial charge in [0.2, 0.25) is 0 Å². The summed E-state index contributed by atoms with van der Waals surface area (Å²) in [6, 6.07) is 6.50. The standard InChI is InChI=1S/C15H16N2O5/c1-2-16-14(21)12-13(20)9-5-3-4-6-10(9)17(15(12)22)8-7-11(18)19/h3-6,20H,2,7-8H2,1H3,(H,16,21)(H,18,19). The third kappa shape index (κ3) is 2.78. The molecular weight excluding hydrogens is 288 g/mol. The lowest BCUT2D eigenvalue weighted by Crippen LogP contribution is -2.33. The summed E-state index contributed by atoms with van der Waals surface area (Å²) < 4.78 is 1.20. The molecule has 0 saturated carbocycles. The molecule has 1 heterocycles. The van der Waals surface area contributed by atoms with E-state index in [0.29, 0.717) is 17.4 Å². The Morgan fingerprint density at radius 2 is 1.95 bits per heavy atom. The van der Waals surface area contributed by atoms with Crippen LogP contribution in [0.3, 0.4) is 0 Å². The Morgan fingerprint density at radius 3 is 2.59 bits per heavy atom. The first-order valence-corrected chi connectivity index (χ1v) is 6.81. The molecule has 0 radical (unpaired) electrons. The number of pyridine rings is 1. The Balaban J connectivity index is 2.73. The molecule has 3 N–H and O–H groups in total. The van der Waals surface area contributed by atoms with Gasteiger partial charge in [-0.15, -0.1) is 0 Å². The van der Waals surface area contributed by atoms with E-state index in [1.807, 2.05) is 0 Å². The summed E-state index contributed by atoms with van der Waals surface area (Å²) in [4.78, 5) is 35.3. The number of hydrogen-bond donors (Lipinski definition) is 3. The van der Waals surface area contributed by atoms with Gasteiger partial charge in [-0.05, 0) is 19.1 Å². The van der Waals surface area contributed by atoms with Crippen LogP contribution < -0.4 is 10.9 Å². The second-order valence-electron chi connectivity index (χ2n) is 4.70. The summed E-state index contributed by atoms with van der Waals surface area (Å²) >= 11 is 0. The van der Waals surface area contributed by atoms with E-state index in [0.717, 1.165) is 0 Å². The summed E-state index contributed by atoms with van der Waals surface area (Å²) in [7, 11) is 0. The van der Waals surface area contributed by atoms with Crippen LogP contribution in [0, 0.1) is 0 Å². The van der Waals surface area contributed by atoms with Crippen molar-refractivity contribution in [1.82, 2.24) is 9.88 Å². The van der Waals surface area contributed by atoms with Crippen molar-refractivity contribution in [2.45, 2.75) is 19.9 Å². The van der Waals surface area contributed by atoms with Crippen molar-refractivity contribution in [1.29, 1.82) is 0 Å². The van der Waals surface area contributed by atoms with Crippen LogP contribution in [0.5, 0.6) is 5.75 Å². The number of aliphatic carboxylic acids is 1. The first-order valence-electron chi connectivity index (χ1n) is 6.81. The van der Waals surface area contributed by atoms with Gasteiger partial charge in [-0.1, -0.05) is 12.1 Å². The number of rotatable bonds is 5. The number of aromatic nitrogens is 1. The fourth-order valence-corrected chi connectivity index (χ4v) is 2.27. The molecule has 1 aromatic carbocycles. The number of benzene rings is 1. The molecule has 22 heavy (non-hydrogen) atoms. The highest BCUT2D eigenvalue weighted by atomic mass is 16.4. The molecule has 1 amide bonds. The number of aryl methyl sites for hydroxylation is 1. The van der Waals surface area contributed by atoms with E-state index in [2.05, 4.69) is 5.32 Å². The molecule has 0 fully saturated rings. The van der Waals surface area contributed by atoms with Gasteiger partial charge in [-0.3, -0.25) is 14.4 Å². The number of aromatic hydroxyl groups is 1. The van der Waals surface area contributed by atoms with Crippen molar-refractivity contribution in [2.75, 3.05) is 6.54 Å². The van der Waals surface area contributed by atoms with E-state index in [1.54, 1.807) is 31.2 Å². The van der Waals surface area contributed by atoms with Gasteiger partial charge in [0, 0.05) is 18.5 Å². The van der Waals surface area contributed by atoms with Crippen molar-refractivity contribution in [3.05, 3.63) is 40.2 Å². The predicted octanol–water partition coefficient (Wildman–Crippen LogP) is 0.931. The summed E-state index contributed by atoms with van der Waals surface area (Å²) in [6.45, 7) is 1.92. The average Bonchev–Trinajstić information content (AvgIpc) is 2.47. The molecule has 0 spiro atoms. The van der Waals surface area contributed by atoms with Gasteiger partial charge in [0.25, 0.3) is 11.5 Å². The van der Waals surface area contributed by atoms with E-state index < -0.39 is 23.2 Å². The smallest absolute Gasteiger partial charge is 0.305 e. The topological polar surface area (TPSA) is 109 Å². The lowest BCUT2D eigenvalue weighted by molar-refractivity contribution is -0.137. The van der Waals surface area contributed by atoms with E-state index >= 15 is 0 Å². The summed E-state index contributed by atoms with van der Waals surface area (Å²) in [6.07, 6.45) is -0.260. The van der Waals surface area contributed by atoms with E-state index in [4.69, 9.17) is 5.11 Å². The number of carboxylic acids is 1. The second-order valence-corrected chi connectivity index (χ2v) is 4.70. The highest BCUT2D eigenvalue weighted by molar-refractivity contribution is 6.02. The van der Waals surface area contributed by atoms with Gasteiger partial charge < -0.3 is 20.1 Å². The highest BCUT2D eigenvalue weighted by Gasteiger charge is 2.21. The van der Waals surface area contributed by atoms with Crippen LogP contribution in [0.2, 0.25) is 0 Å². The Kier molecular flexibility index (Phi) is 4.45. The molecule has 2 rings (SSSR count). The summed E-state index contributed by atoms with van der Waals surface area (Å²) in [5, 5.41) is 21.8. The molecule has 0 aliphatic rings. The number of carbonyl (C=O) groups excluding carboxylic acids is 1. The molecule has 0 atom stereocenters. The normalized spacial score (nSPS) is 10.6. The highest BCUT2D eigenvalue weighted by Crippen LogP contribution is 2.26. The zero-order valence-corrected chi connectivity index (χ0v) is 12.0. The number of carboxylic acid groups (broad SMARTS) is 1. The van der Waals surface area contributed by atoms with Gasteiger partial charge in [-0.25, -0.2) is 0 Å². The minimum absolute atomic E-state index is 0.0820. The van der Waals surface area contributed by atoms with Crippen LogP contribution in [0.25, 0.3) is 10.9 Å². The molecule has 7 nitrogen and oxygen atoms in total. The molecule has 7 heteroatoms. The molecule has 0 aliphatic carbocycles. The molecule has 2 aromatic rings. The Bertz CT molecular complexity index is 794. The zero-order valence-electron chi connectivity index (χ0n) is 12.0. The van der Waals surface area contributed by atoms with Gasteiger partial charge in [0.05, 0.1) is 11.9 Å². The number of para-hydroxylation sites is 1.